The Balaban J connectivity index is 1.95. The molecule has 1 atom stereocenters. The topological polar surface area (TPSA) is 84.3 Å². The summed E-state index contributed by atoms with van der Waals surface area (Å²) in [5, 5.41) is 16.8. The van der Waals surface area contributed by atoms with Gasteiger partial charge in [0.2, 0.25) is 5.91 Å². The molecule has 1 heterocycles. The number of non-ortho nitro benzene ring substituents is 1. The van der Waals surface area contributed by atoms with Crippen molar-refractivity contribution in [2.75, 3.05) is 13.1 Å². The summed E-state index contributed by atoms with van der Waals surface area (Å²) in [5.41, 5.74) is 0.634. The molecular weight excluding hydrogens is 270 g/mol. The second kappa shape index (κ2) is 6.67. The monoisotopic (exact) mass is 291 g/mol. The lowest BCUT2D eigenvalue weighted by atomic mass is 9.81. The third kappa shape index (κ3) is 3.58. The van der Waals surface area contributed by atoms with Crippen molar-refractivity contribution < 1.29 is 9.72 Å². The molecule has 1 aromatic rings. The molecule has 0 radical (unpaired) electrons. The number of carbonyl (C=O) groups excluding carboxylic acids is 1. The molecule has 0 aromatic heterocycles. The molecule has 0 saturated carbocycles. The Bertz CT molecular complexity index is 507. The van der Waals surface area contributed by atoms with Gasteiger partial charge in [-0.25, -0.2) is 0 Å². The van der Waals surface area contributed by atoms with Gasteiger partial charge in [-0.2, -0.15) is 0 Å². The Morgan fingerprint density at radius 2 is 2.14 bits per heavy atom. The fourth-order valence-corrected chi connectivity index (χ4v) is 2.85. The van der Waals surface area contributed by atoms with Crippen LogP contribution in [0.5, 0.6) is 0 Å². The number of amides is 1. The average Bonchev–Trinajstić information content (AvgIpc) is 2.95. The van der Waals surface area contributed by atoms with E-state index in [1.54, 1.807) is 12.1 Å². The summed E-state index contributed by atoms with van der Waals surface area (Å²) < 4.78 is 0. The number of nitrogens with one attached hydrogen (secondary N) is 2. The zero-order valence-corrected chi connectivity index (χ0v) is 12.2. The maximum absolute atomic E-state index is 12.4. The van der Waals surface area contributed by atoms with Gasteiger partial charge in [0.1, 0.15) is 0 Å². The molecule has 1 fully saturated rings. The Morgan fingerprint density at radius 3 is 2.67 bits per heavy atom. The summed E-state index contributed by atoms with van der Waals surface area (Å²) >= 11 is 0. The van der Waals surface area contributed by atoms with E-state index in [-0.39, 0.29) is 17.0 Å². The van der Waals surface area contributed by atoms with Gasteiger partial charge in [-0.15, -0.1) is 0 Å². The van der Waals surface area contributed by atoms with E-state index in [1.165, 1.54) is 12.1 Å². The van der Waals surface area contributed by atoms with Gasteiger partial charge < -0.3 is 10.6 Å². The lowest BCUT2D eigenvalue weighted by Gasteiger charge is -2.26. The number of hydrogen-bond donors (Lipinski definition) is 2. The van der Waals surface area contributed by atoms with Crippen LogP contribution in [0.1, 0.15) is 31.7 Å². The van der Waals surface area contributed by atoms with E-state index in [0.29, 0.717) is 6.54 Å². The summed E-state index contributed by atoms with van der Waals surface area (Å²) in [6.07, 6.45) is 2.73. The van der Waals surface area contributed by atoms with Gasteiger partial charge in [0.15, 0.2) is 0 Å². The van der Waals surface area contributed by atoms with Crippen LogP contribution in [0.25, 0.3) is 0 Å². The van der Waals surface area contributed by atoms with E-state index in [1.807, 2.05) is 0 Å². The number of nitro benzene ring substituents is 1. The average molecular weight is 291 g/mol. The summed E-state index contributed by atoms with van der Waals surface area (Å²) in [4.78, 5) is 22.6. The van der Waals surface area contributed by atoms with Crippen LogP contribution in [0.4, 0.5) is 5.69 Å². The molecule has 2 N–H and O–H groups in total. The minimum absolute atomic E-state index is 0.0625. The predicted molar refractivity (Wildman–Crippen MR) is 79.8 cm³/mol. The van der Waals surface area contributed by atoms with Gasteiger partial charge in [-0.3, -0.25) is 14.9 Å². The molecule has 0 bridgehead atoms. The van der Waals surface area contributed by atoms with Gasteiger partial charge in [0.05, 0.1) is 10.3 Å². The third-order valence-corrected chi connectivity index (χ3v) is 4.05. The van der Waals surface area contributed by atoms with Crippen molar-refractivity contribution in [2.45, 2.75) is 32.7 Å². The first-order valence-corrected chi connectivity index (χ1v) is 7.30. The number of nitrogens with zero attached hydrogens (tertiary/aromatic N) is 1. The van der Waals surface area contributed by atoms with Crippen molar-refractivity contribution in [1.29, 1.82) is 0 Å². The molecule has 1 aliphatic heterocycles. The molecule has 114 valence electrons. The van der Waals surface area contributed by atoms with Crippen LogP contribution >= 0.6 is 0 Å². The van der Waals surface area contributed by atoms with E-state index in [9.17, 15) is 14.9 Å². The highest BCUT2D eigenvalue weighted by Gasteiger charge is 2.39. The van der Waals surface area contributed by atoms with Gasteiger partial charge in [0.25, 0.3) is 5.69 Å². The zero-order valence-electron chi connectivity index (χ0n) is 12.2. The lowest BCUT2D eigenvalue weighted by Crippen LogP contribution is -2.42. The van der Waals surface area contributed by atoms with Crippen molar-refractivity contribution in [1.82, 2.24) is 10.6 Å². The molecule has 6 nitrogen and oxygen atoms in total. The van der Waals surface area contributed by atoms with E-state index in [4.69, 9.17) is 0 Å². The Hall–Kier alpha value is -1.95. The van der Waals surface area contributed by atoms with E-state index in [0.717, 1.165) is 37.9 Å². The fourth-order valence-electron chi connectivity index (χ4n) is 2.85. The zero-order chi connectivity index (χ0) is 15.3. The molecule has 2 rings (SSSR count). The van der Waals surface area contributed by atoms with Gasteiger partial charge in [-0.1, -0.05) is 25.5 Å². The SMILES string of the molecule is CCCC1(C(=O)NCc2ccc([N+](=O)[O-])cc2)CCNC1. The minimum atomic E-state index is -0.428. The number of carbonyl (C=O) groups is 1. The first-order valence-electron chi connectivity index (χ1n) is 7.30. The van der Waals surface area contributed by atoms with Crippen molar-refractivity contribution in [3.63, 3.8) is 0 Å². The molecule has 21 heavy (non-hydrogen) atoms. The summed E-state index contributed by atoms with van der Waals surface area (Å²) in [5.74, 6) is 0.0766. The molecule has 0 aliphatic carbocycles. The highest BCUT2D eigenvalue weighted by molar-refractivity contribution is 5.83. The van der Waals surface area contributed by atoms with Crippen molar-refractivity contribution >= 4 is 11.6 Å². The largest absolute Gasteiger partial charge is 0.352 e. The highest BCUT2D eigenvalue weighted by atomic mass is 16.6. The summed E-state index contributed by atoms with van der Waals surface area (Å²) in [7, 11) is 0. The standard InChI is InChI=1S/C15H21N3O3/c1-2-7-15(8-9-16-11-15)14(19)17-10-12-3-5-13(6-4-12)18(20)21/h3-6,16H,2,7-11H2,1H3,(H,17,19). The first kappa shape index (κ1) is 15.4. The third-order valence-electron chi connectivity index (χ3n) is 4.05. The predicted octanol–water partition coefficient (Wildman–Crippen LogP) is 1.99. The Labute approximate surface area is 124 Å². The van der Waals surface area contributed by atoms with Crippen LogP contribution in [0.15, 0.2) is 24.3 Å². The second-order valence-electron chi connectivity index (χ2n) is 5.56. The van der Waals surface area contributed by atoms with Crippen LogP contribution in [0, 0.1) is 15.5 Å². The molecule has 6 heteroatoms. The summed E-state index contributed by atoms with van der Waals surface area (Å²) in [6.45, 7) is 4.10. The minimum Gasteiger partial charge on any atom is -0.352 e. The van der Waals surface area contributed by atoms with Crippen molar-refractivity contribution in [3.8, 4) is 0 Å². The molecule has 0 spiro atoms. The quantitative estimate of drug-likeness (QED) is 0.620. The fraction of sp³-hybridized carbons (Fsp3) is 0.533. The molecular formula is C15H21N3O3. The van der Waals surface area contributed by atoms with Crippen molar-refractivity contribution in [3.05, 3.63) is 39.9 Å². The molecule has 1 aromatic carbocycles. The smallest absolute Gasteiger partial charge is 0.269 e. The van der Waals surface area contributed by atoms with E-state index in [2.05, 4.69) is 17.6 Å². The maximum Gasteiger partial charge on any atom is 0.269 e. The normalized spacial score (nSPS) is 21.2. The Morgan fingerprint density at radius 1 is 1.43 bits per heavy atom. The molecule has 1 amide bonds. The summed E-state index contributed by atoms with van der Waals surface area (Å²) in [6, 6.07) is 6.27. The van der Waals surface area contributed by atoms with Crippen LogP contribution in [-0.2, 0) is 11.3 Å². The highest BCUT2D eigenvalue weighted by Crippen LogP contribution is 2.31. The molecule has 1 aliphatic rings. The van der Waals surface area contributed by atoms with Crippen LogP contribution in [0.2, 0.25) is 0 Å². The Kier molecular flexibility index (Phi) is 4.90. The first-order chi connectivity index (χ1) is 10.1. The molecule has 1 saturated heterocycles. The van der Waals surface area contributed by atoms with Crippen molar-refractivity contribution in [2.24, 2.45) is 5.41 Å². The van der Waals surface area contributed by atoms with Gasteiger partial charge in [-0.05, 0) is 24.9 Å². The second-order valence-corrected chi connectivity index (χ2v) is 5.56. The van der Waals surface area contributed by atoms with Gasteiger partial charge in [0, 0.05) is 25.2 Å². The van der Waals surface area contributed by atoms with E-state index >= 15 is 0 Å². The lowest BCUT2D eigenvalue weighted by molar-refractivity contribution is -0.384. The molecule has 1 unspecified atom stereocenters. The van der Waals surface area contributed by atoms with Crippen LogP contribution in [0.3, 0.4) is 0 Å². The number of rotatable bonds is 6. The van der Waals surface area contributed by atoms with Crippen LogP contribution in [-0.4, -0.2) is 23.9 Å². The van der Waals surface area contributed by atoms with Gasteiger partial charge >= 0.3 is 0 Å². The number of hydrogen-bond acceptors (Lipinski definition) is 4. The number of benzene rings is 1. The van der Waals surface area contributed by atoms with E-state index < -0.39 is 4.92 Å². The van der Waals surface area contributed by atoms with Crippen LogP contribution < -0.4 is 10.6 Å². The number of nitro groups is 1. The maximum atomic E-state index is 12.4.